The molecule has 6 nitrogen and oxygen atoms in total. The van der Waals surface area contributed by atoms with Crippen molar-refractivity contribution in [2.45, 2.75) is 25.6 Å². The van der Waals surface area contributed by atoms with Crippen LogP contribution in [0.15, 0.2) is 6.20 Å². The van der Waals surface area contributed by atoms with Gasteiger partial charge in [0.05, 0.1) is 25.0 Å². The number of nitrogens with zero attached hydrogens (tertiary/aromatic N) is 3. The molecule has 1 aromatic rings. The van der Waals surface area contributed by atoms with Crippen LogP contribution in [-0.2, 0) is 16.1 Å². The van der Waals surface area contributed by atoms with E-state index in [1.807, 2.05) is 6.92 Å². The Balaban J connectivity index is 2.25. The quantitative estimate of drug-likeness (QED) is 0.612. The molecule has 0 spiro atoms. The molecule has 14 heavy (non-hydrogen) atoms. The standard InChI is InChI=1S/C8H12N4O2/c1-5-7(8(13)14-2)9-3-6-4-10-11-12(5)6/h4-5,7,9H,3H2,1-2H3. The first-order chi connectivity index (χ1) is 6.74. The average molecular weight is 196 g/mol. The van der Waals surface area contributed by atoms with Crippen molar-refractivity contribution in [1.29, 1.82) is 0 Å². The zero-order valence-electron chi connectivity index (χ0n) is 8.10. The predicted molar refractivity (Wildman–Crippen MR) is 47.4 cm³/mol. The number of hydrogen-bond acceptors (Lipinski definition) is 5. The third-order valence-corrected chi connectivity index (χ3v) is 2.48. The summed E-state index contributed by atoms with van der Waals surface area (Å²) >= 11 is 0. The molecule has 1 aliphatic heterocycles. The van der Waals surface area contributed by atoms with Gasteiger partial charge in [0, 0.05) is 6.54 Å². The maximum atomic E-state index is 11.4. The van der Waals surface area contributed by atoms with Gasteiger partial charge in [-0.05, 0) is 6.92 Å². The molecule has 2 rings (SSSR count). The number of nitrogens with one attached hydrogen (secondary N) is 1. The highest BCUT2D eigenvalue weighted by atomic mass is 16.5. The highest BCUT2D eigenvalue weighted by molar-refractivity contribution is 5.76. The van der Waals surface area contributed by atoms with Crippen LogP contribution in [0, 0.1) is 0 Å². The largest absolute Gasteiger partial charge is 0.468 e. The maximum absolute atomic E-state index is 11.4. The molecule has 0 amide bonds. The Labute approximate surface area is 81.2 Å². The van der Waals surface area contributed by atoms with E-state index in [0.717, 1.165) is 5.69 Å². The molecule has 0 saturated carbocycles. The van der Waals surface area contributed by atoms with Crippen molar-refractivity contribution in [2.75, 3.05) is 7.11 Å². The number of aromatic nitrogens is 3. The summed E-state index contributed by atoms with van der Waals surface area (Å²) in [6, 6.07) is -0.400. The van der Waals surface area contributed by atoms with E-state index in [0.29, 0.717) is 6.54 Å². The van der Waals surface area contributed by atoms with Crippen LogP contribution in [0.3, 0.4) is 0 Å². The molecule has 0 radical (unpaired) electrons. The first-order valence-corrected chi connectivity index (χ1v) is 4.44. The molecule has 1 N–H and O–H groups in total. The lowest BCUT2D eigenvalue weighted by Gasteiger charge is -2.28. The van der Waals surface area contributed by atoms with Gasteiger partial charge in [0.15, 0.2) is 0 Å². The number of rotatable bonds is 1. The molecule has 0 bridgehead atoms. The van der Waals surface area contributed by atoms with Gasteiger partial charge < -0.3 is 4.74 Å². The van der Waals surface area contributed by atoms with E-state index >= 15 is 0 Å². The van der Waals surface area contributed by atoms with Crippen molar-refractivity contribution in [3.05, 3.63) is 11.9 Å². The first kappa shape index (κ1) is 9.14. The van der Waals surface area contributed by atoms with Gasteiger partial charge in [-0.25, -0.2) is 4.68 Å². The van der Waals surface area contributed by atoms with Gasteiger partial charge in [-0.15, -0.1) is 5.10 Å². The minimum Gasteiger partial charge on any atom is -0.468 e. The predicted octanol–water partition coefficient (Wildman–Crippen LogP) is -0.516. The fourth-order valence-electron chi connectivity index (χ4n) is 1.67. The number of esters is 1. The van der Waals surface area contributed by atoms with Gasteiger partial charge in [-0.1, -0.05) is 5.21 Å². The summed E-state index contributed by atoms with van der Waals surface area (Å²) in [5.41, 5.74) is 0.984. The Kier molecular flexibility index (Phi) is 2.20. The van der Waals surface area contributed by atoms with E-state index < -0.39 is 0 Å². The van der Waals surface area contributed by atoms with Crippen LogP contribution >= 0.6 is 0 Å². The van der Waals surface area contributed by atoms with E-state index in [1.165, 1.54) is 7.11 Å². The van der Waals surface area contributed by atoms with E-state index in [4.69, 9.17) is 0 Å². The lowest BCUT2D eigenvalue weighted by molar-refractivity contribution is -0.144. The fourth-order valence-corrected chi connectivity index (χ4v) is 1.67. The topological polar surface area (TPSA) is 69.0 Å². The van der Waals surface area contributed by atoms with Crippen molar-refractivity contribution >= 4 is 5.97 Å². The van der Waals surface area contributed by atoms with Crippen molar-refractivity contribution in [1.82, 2.24) is 20.3 Å². The molecule has 1 aliphatic rings. The third kappa shape index (κ3) is 1.27. The van der Waals surface area contributed by atoms with Crippen LogP contribution in [0.5, 0.6) is 0 Å². The van der Waals surface area contributed by atoms with E-state index in [9.17, 15) is 4.79 Å². The fraction of sp³-hybridized carbons (Fsp3) is 0.625. The molecule has 2 unspecified atom stereocenters. The number of fused-ring (bicyclic) bond motifs is 1. The molecule has 76 valence electrons. The van der Waals surface area contributed by atoms with Crippen LogP contribution in [0.2, 0.25) is 0 Å². The number of methoxy groups -OCH3 is 1. The summed E-state index contributed by atoms with van der Waals surface area (Å²) in [4.78, 5) is 11.4. The smallest absolute Gasteiger partial charge is 0.325 e. The van der Waals surface area contributed by atoms with Crippen LogP contribution < -0.4 is 5.32 Å². The Morgan fingerprint density at radius 3 is 3.29 bits per heavy atom. The Hall–Kier alpha value is -1.43. The third-order valence-electron chi connectivity index (χ3n) is 2.48. The van der Waals surface area contributed by atoms with Crippen molar-refractivity contribution < 1.29 is 9.53 Å². The number of hydrogen-bond donors (Lipinski definition) is 1. The molecule has 0 saturated heterocycles. The van der Waals surface area contributed by atoms with Crippen LogP contribution in [0.4, 0.5) is 0 Å². The van der Waals surface area contributed by atoms with Crippen molar-refractivity contribution in [3.8, 4) is 0 Å². The highest BCUT2D eigenvalue weighted by Crippen LogP contribution is 2.18. The van der Waals surface area contributed by atoms with Crippen LogP contribution in [0.1, 0.15) is 18.7 Å². The van der Waals surface area contributed by atoms with E-state index in [1.54, 1.807) is 10.9 Å². The summed E-state index contributed by atoms with van der Waals surface area (Å²) in [5.74, 6) is -0.265. The second kappa shape index (κ2) is 3.38. The second-order valence-electron chi connectivity index (χ2n) is 3.29. The summed E-state index contributed by atoms with van der Waals surface area (Å²) in [6.07, 6.45) is 1.69. The van der Waals surface area contributed by atoms with Gasteiger partial charge in [-0.2, -0.15) is 0 Å². The Bertz CT molecular complexity index is 349. The van der Waals surface area contributed by atoms with Gasteiger partial charge in [0.1, 0.15) is 6.04 Å². The zero-order chi connectivity index (χ0) is 10.1. The molecule has 1 aromatic heterocycles. The molecular formula is C8H12N4O2. The van der Waals surface area contributed by atoms with Gasteiger partial charge >= 0.3 is 5.97 Å². The molecule has 0 aromatic carbocycles. The van der Waals surface area contributed by atoms with Crippen LogP contribution in [0.25, 0.3) is 0 Å². The molecule has 0 fully saturated rings. The molecule has 2 atom stereocenters. The Morgan fingerprint density at radius 2 is 2.57 bits per heavy atom. The number of carbonyl (C=O) groups excluding carboxylic acids is 1. The van der Waals surface area contributed by atoms with E-state index in [-0.39, 0.29) is 18.1 Å². The summed E-state index contributed by atoms with van der Waals surface area (Å²) in [5, 5.41) is 10.8. The molecule has 2 heterocycles. The lowest BCUT2D eigenvalue weighted by Crippen LogP contribution is -2.47. The molecule has 0 aliphatic carbocycles. The maximum Gasteiger partial charge on any atom is 0.325 e. The lowest BCUT2D eigenvalue weighted by atomic mass is 10.1. The van der Waals surface area contributed by atoms with Gasteiger partial charge in [0.25, 0.3) is 0 Å². The SMILES string of the molecule is COC(=O)C1NCc2cnnn2C1C. The zero-order valence-corrected chi connectivity index (χ0v) is 8.10. The summed E-state index contributed by atoms with van der Waals surface area (Å²) in [7, 11) is 1.38. The minimum atomic E-state index is -0.339. The van der Waals surface area contributed by atoms with Crippen LogP contribution in [-0.4, -0.2) is 34.1 Å². The van der Waals surface area contributed by atoms with Gasteiger partial charge in [-0.3, -0.25) is 10.1 Å². The molecular weight excluding hydrogens is 184 g/mol. The first-order valence-electron chi connectivity index (χ1n) is 4.44. The Morgan fingerprint density at radius 1 is 1.79 bits per heavy atom. The molecule has 6 heteroatoms. The normalized spacial score (nSPS) is 25.6. The van der Waals surface area contributed by atoms with Gasteiger partial charge in [0.2, 0.25) is 0 Å². The average Bonchev–Trinajstić information content (AvgIpc) is 2.66. The van der Waals surface area contributed by atoms with E-state index in [2.05, 4.69) is 20.4 Å². The monoisotopic (exact) mass is 196 g/mol. The highest BCUT2D eigenvalue weighted by Gasteiger charge is 2.32. The minimum absolute atomic E-state index is 0.0614. The number of ether oxygens (including phenoxy) is 1. The number of carbonyl (C=O) groups is 1. The van der Waals surface area contributed by atoms with Crippen molar-refractivity contribution in [2.24, 2.45) is 0 Å². The second-order valence-corrected chi connectivity index (χ2v) is 3.29. The van der Waals surface area contributed by atoms with Crippen molar-refractivity contribution in [3.63, 3.8) is 0 Å². The summed E-state index contributed by atoms with van der Waals surface area (Å²) in [6.45, 7) is 2.50. The summed E-state index contributed by atoms with van der Waals surface area (Å²) < 4.78 is 6.44.